The summed E-state index contributed by atoms with van der Waals surface area (Å²) in [5.74, 6) is -3.49. The van der Waals surface area contributed by atoms with E-state index in [1.807, 2.05) is 0 Å². The monoisotopic (exact) mass is 449 g/mol. The van der Waals surface area contributed by atoms with Gasteiger partial charge in [0.05, 0.1) is 5.56 Å². The molecule has 7 heteroatoms. The SMILES string of the molecule is CCCC=CC1CCC(c2ccc(C(F)(F)Oc3cc(F)c(C#N)c(F)c3)cc2)C(F)C1. The molecule has 1 saturated carbocycles. The van der Waals surface area contributed by atoms with Gasteiger partial charge < -0.3 is 4.74 Å². The second-order valence-corrected chi connectivity index (χ2v) is 8.03. The van der Waals surface area contributed by atoms with Crippen LogP contribution in [0.3, 0.4) is 0 Å². The quantitative estimate of drug-likeness (QED) is 0.323. The highest BCUT2D eigenvalue weighted by Gasteiger charge is 2.36. The lowest BCUT2D eigenvalue weighted by atomic mass is 9.77. The normalized spacial score (nSPS) is 21.5. The number of alkyl halides is 3. The second kappa shape index (κ2) is 10.2. The van der Waals surface area contributed by atoms with Gasteiger partial charge >= 0.3 is 6.11 Å². The molecule has 1 fully saturated rings. The van der Waals surface area contributed by atoms with Crippen molar-refractivity contribution in [2.24, 2.45) is 5.92 Å². The van der Waals surface area contributed by atoms with Crippen molar-refractivity contribution in [3.05, 3.63) is 76.9 Å². The molecule has 0 heterocycles. The first-order chi connectivity index (χ1) is 15.2. The minimum Gasteiger partial charge on any atom is -0.429 e. The summed E-state index contributed by atoms with van der Waals surface area (Å²) in [5.41, 5.74) is -0.775. The number of hydrogen-bond donors (Lipinski definition) is 0. The summed E-state index contributed by atoms with van der Waals surface area (Å²) in [4.78, 5) is 0. The van der Waals surface area contributed by atoms with Gasteiger partial charge in [0.15, 0.2) is 0 Å². The van der Waals surface area contributed by atoms with Crippen molar-refractivity contribution in [1.29, 1.82) is 5.26 Å². The van der Waals surface area contributed by atoms with Crippen LogP contribution in [0.15, 0.2) is 48.6 Å². The molecule has 3 unspecified atom stereocenters. The summed E-state index contributed by atoms with van der Waals surface area (Å²) in [6, 6.07) is 7.52. The van der Waals surface area contributed by atoms with Gasteiger partial charge in [-0.3, -0.25) is 0 Å². The summed E-state index contributed by atoms with van der Waals surface area (Å²) in [6.45, 7) is 2.08. The van der Waals surface area contributed by atoms with E-state index in [0.717, 1.165) is 31.4 Å². The van der Waals surface area contributed by atoms with Crippen molar-refractivity contribution in [3.63, 3.8) is 0 Å². The van der Waals surface area contributed by atoms with Gasteiger partial charge in [-0.25, -0.2) is 13.2 Å². The molecule has 0 radical (unpaired) electrons. The highest BCUT2D eigenvalue weighted by Crippen LogP contribution is 2.40. The van der Waals surface area contributed by atoms with Crippen LogP contribution in [0, 0.1) is 28.9 Å². The molecular formula is C25H24F5NO. The summed E-state index contributed by atoms with van der Waals surface area (Å²) < 4.78 is 75.7. The number of unbranched alkanes of at least 4 members (excludes halogenated alkanes) is 1. The molecule has 0 aliphatic heterocycles. The Balaban J connectivity index is 1.69. The van der Waals surface area contributed by atoms with Gasteiger partial charge in [0, 0.05) is 18.1 Å². The number of nitriles is 1. The van der Waals surface area contributed by atoms with E-state index in [2.05, 4.69) is 23.8 Å². The van der Waals surface area contributed by atoms with Crippen molar-refractivity contribution < 1.29 is 26.7 Å². The zero-order valence-electron chi connectivity index (χ0n) is 17.6. The number of ether oxygens (including phenoxy) is 1. The Kier molecular flexibility index (Phi) is 7.55. The summed E-state index contributed by atoms with van der Waals surface area (Å²) in [5, 5.41) is 8.67. The number of allylic oxidation sites excluding steroid dienone is 2. The van der Waals surface area contributed by atoms with Crippen molar-refractivity contribution >= 4 is 0 Å². The molecule has 0 spiro atoms. The van der Waals surface area contributed by atoms with Gasteiger partial charge in [0.2, 0.25) is 0 Å². The number of nitrogens with zero attached hydrogens (tertiary/aromatic N) is 1. The Labute approximate surface area is 184 Å². The van der Waals surface area contributed by atoms with E-state index < -0.39 is 40.8 Å². The highest BCUT2D eigenvalue weighted by molar-refractivity contribution is 5.38. The summed E-state index contributed by atoms with van der Waals surface area (Å²) in [6.07, 6.45) is 3.09. The molecule has 1 aliphatic carbocycles. The maximum Gasteiger partial charge on any atom is 0.426 e. The van der Waals surface area contributed by atoms with Crippen LogP contribution in [-0.4, -0.2) is 6.17 Å². The van der Waals surface area contributed by atoms with Crippen LogP contribution < -0.4 is 4.74 Å². The van der Waals surface area contributed by atoms with Crippen LogP contribution in [0.25, 0.3) is 0 Å². The second-order valence-electron chi connectivity index (χ2n) is 8.03. The van der Waals surface area contributed by atoms with E-state index in [-0.39, 0.29) is 11.8 Å². The molecule has 0 aromatic heterocycles. The topological polar surface area (TPSA) is 33.0 Å². The molecule has 170 valence electrons. The highest BCUT2D eigenvalue weighted by atomic mass is 19.3. The lowest BCUT2D eigenvalue weighted by Gasteiger charge is -2.31. The molecule has 3 atom stereocenters. The van der Waals surface area contributed by atoms with Gasteiger partial charge in [-0.15, -0.1) is 0 Å². The first-order valence-electron chi connectivity index (χ1n) is 10.6. The van der Waals surface area contributed by atoms with Crippen molar-refractivity contribution in [1.82, 2.24) is 0 Å². The van der Waals surface area contributed by atoms with Gasteiger partial charge in [-0.05, 0) is 49.3 Å². The van der Waals surface area contributed by atoms with Gasteiger partial charge in [-0.2, -0.15) is 14.0 Å². The van der Waals surface area contributed by atoms with E-state index in [1.165, 1.54) is 18.2 Å². The molecule has 2 aromatic rings. The van der Waals surface area contributed by atoms with Gasteiger partial charge in [-0.1, -0.05) is 37.6 Å². The number of benzene rings is 2. The average Bonchev–Trinajstić information content (AvgIpc) is 2.74. The van der Waals surface area contributed by atoms with Crippen LogP contribution in [0.2, 0.25) is 0 Å². The smallest absolute Gasteiger partial charge is 0.426 e. The number of rotatable bonds is 7. The van der Waals surface area contributed by atoms with E-state index in [4.69, 9.17) is 5.26 Å². The molecule has 0 N–H and O–H groups in total. The van der Waals surface area contributed by atoms with Gasteiger partial charge in [0.1, 0.15) is 35.2 Å². The predicted molar refractivity (Wildman–Crippen MR) is 111 cm³/mol. The summed E-state index contributed by atoms with van der Waals surface area (Å²) >= 11 is 0. The zero-order valence-corrected chi connectivity index (χ0v) is 17.6. The Morgan fingerprint density at radius 3 is 2.34 bits per heavy atom. The standard InChI is InChI=1S/C25H24F5NO/c1-2-3-4-5-16-6-11-20(22(26)12-16)17-7-9-18(10-8-17)25(29,30)32-19-13-23(27)21(15-31)24(28)14-19/h4-5,7-10,13-14,16,20,22H,2-3,6,11-12H2,1H3. The molecule has 0 amide bonds. The van der Waals surface area contributed by atoms with Crippen molar-refractivity contribution in [2.75, 3.05) is 0 Å². The largest absolute Gasteiger partial charge is 0.429 e. The van der Waals surface area contributed by atoms with Crippen LogP contribution in [0.4, 0.5) is 22.0 Å². The Morgan fingerprint density at radius 1 is 1.12 bits per heavy atom. The van der Waals surface area contributed by atoms with Crippen molar-refractivity contribution in [2.45, 2.75) is 57.2 Å². The minimum atomic E-state index is -3.87. The third kappa shape index (κ3) is 5.48. The Hall–Kier alpha value is -2.88. The fourth-order valence-electron chi connectivity index (χ4n) is 4.00. The third-order valence-corrected chi connectivity index (χ3v) is 5.72. The van der Waals surface area contributed by atoms with E-state index in [0.29, 0.717) is 30.5 Å². The van der Waals surface area contributed by atoms with Crippen LogP contribution in [0.5, 0.6) is 5.75 Å². The van der Waals surface area contributed by atoms with E-state index in [1.54, 1.807) is 0 Å². The molecule has 0 bridgehead atoms. The first-order valence-corrected chi connectivity index (χ1v) is 10.6. The van der Waals surface area contributed by atoms with Crippen LogP contribution in [0.1, 0.15) is 61.6 Å². The predicted octanol–water partition coefficient (Wildman–Crippen LogP) is 7.54. The van der Waals surface area contributed by atoms with E-state index >= 15 is 0 Å². The lowest BCUT2D eigenvalue weighted by Crippen LogP contribution is -2.25. The molecule has 32 heavy (non-hydrogen) atoms. The first kappa shape index (κ1) is 23.8. The average molecular weight is 449 g/mol. The molecular weight excluding hydrogens is 425 g/mol. The number of halogens is 5. The minimum absolute atomic E-state index is 0.193. The summed E-state index contributed by atoms with van der Waals surface area (Å²) in [7, 11) is 0. The third-order valence-electron chi connectivity index (χ3n) is 5.72. The van der Waals surface area contributed by atoms with E-state index in [9.17, 15) is 22.0 Å². The maximum absolute atomic E-state index is 14.8. The molecule has 1 aliphatic rings. The molecule has 0 saturated heterocycles. The fraction of sp³-hybridized carbons (Fsp3) is 0.400. The van der Waals surface area contributed by atoms with Crippen molar-refractivity contribution in [3.8, 4) is 11.8 Å². The molecule has 2 nitrogen and oxygen atoms in total. The maximum atomic E-state index is 14.8. The fourth-order valence-corrected chi connectivity index (χ4v) is 4.00. The van der Waals surface area contributed by atoms with Crippen LogP contribution >= 0.6 is 0 Å². The Morgan fingerprint density at radius 2 is 1.78 bits per heavy atom. The van der Waals surface area contributed by atoms with Crippen LogP contribution in [-0.2, 0) is 6.11 Å². The number of hydrogen-bond acceptors (Lipinski definition) is 2. The lowest BCUT2D eigenvalue weighted by molar-refractivity contribution is -0.185. The zero-order chi connectivity index (χ0) is 23.3. The molecule has 2 aromatic carbocycles. The Bertz CT molecular complexity index is 973. The van der Waals surface area contributed by atoms with Gasteiger partial charge in [0.25, 0.3) is 0 Å². The molecule has 3 rings (SSSR count).